The topological polar surface area (TPSA) is 61.8 Å². The highest BCUT2D eigenvalue weighted by Gasteiger charge is 2.17. The van der Waals surface area contributed by atoms with E-state index in [1.165, 1.54) is 148 Å². The molecule has 0 bridgehead atoms. The zero-order valence-corrected chi connectivity index (χ0v) is 46.3. The van der Waals surface area contributed by atoms with Crippen LogP contribution < -0.4 is 0 Å². The molecule has 0 aliphatic carbocycles. The van der Waals surface area contributed by atoms with E-state index >= 15 is 0 Å². The molecule has 0 N–H and O–H groups in total. The summed E-state index contributed by atoms with van der Waals surface area (Å²) in [5.41, 5.74) is 0. The van der Waals surface area contributed by atoms with Crippen molar-refractivity contribution < 1.29 is 23.8 Å². The molecule has 0 aromatic heterocycles. The first-order chi connectivity index (χ1) is 34.6. The number of hydrogen-bond donors (Lipinski definition) is 0. The molecule has 0 radical (unpaired) electrons. The van der Waals surface area contributed by atoms with Gasteiger partial charge in [-0.05, 0) is 122 Å². The highest BCUT2D eigenvalue weighted by atomic mass is 16.6. The third kappa shape index (κ3) is 57.4. The van der Waals surface area contributed by atoms with Crippen LogP contribution in [0.2, 0.25) is 0 Å². The first kappa shape index (κ1) is 66.8. The molecular weight excluding hydrogens is 861 g/mol. The molecule has 0 heterocycles. The van der Waals surface area contributed by atoms with Crippen LogP contribution in [0.25, 0.3) is 0 Å². The molecule has 402 valence electrons. The van der Waals surface area contributed by atoms with E-state index < -0.39 is 6.10 Å². The lowest BCUT2D eigenvalue weighted by Crippen LogP contribution is -2.30. The van der Waals surface area contributed by atoms with E-state index in [4.69, 9.17) is 14.2 Å². The van der Waals surface area contributed by atoms with Crippen LogP contribution in [0.4, 0.5) is 0 Å². The van der Waals surface area contributed by atoms with Crippen molar-refractivity contribution in [2.45, 2.75) is 284 Å². The first-order valence-corrected chi connectivity index (χ1v) is 29.8. The fourth-order valence-electron chi connectivity index (χ4n) is 8.15. The summed E-state index contributed by atoms with van der Waals surface area (Å²) in [4.78, 5) is 25.6. The van der Waals surface area contributed by atoms with Crippen molar-refractivity contribution in [2.75, 3.05) is 19.8 Å². The predicted octanol–water partition coefficient (Wildman–Crippen LogP) is 20.6. The molecule has 0 aliphatic rings. The summed E-state index contributed by atoms with van der Waals surface area (Å²) in [6, 6.07) is 0. The monoisotopic (exact) mass is 973 g/mol. The van der Waals surface area contributed by atoms with Crippen molar-refractivity contribution in [3.8, 4) is 0 Å². The summed E-state index contributed by atoms with van der Waals surface area (Å²) in [5, 5.41) is 0. The van der Waals surface area contributed by atoms with Crippen molar-refractivity contribution in [2.24, 2.45) is 0 Å². The van der Waals surface area contributed by atoms with Crippen LogP contribution >= 0.6 is 0 Å². The van der Waals surface area contributed by atoms with E-state index in [0.717, 1.165) is 96.3 Å². The molecule has 5 heteroatoms. The van der Waals surface area contributed by atoms with Gasteiger partial charge in [0.25, 0.3) is 0 Å². The van der Waals surface area contributed by atoms with Gasteiger partial charge >= 0.3 is 11.9 Å². The lowest BCUT2D eigenvalue weighted by Gasteiger charge is -2.18. The van der Waals surface area contributed by atoms with Crippen LogP contribution in [0, 0.1) is 0 Å². The van der Waals surface area contributed by atoms with Crippen LogP contribution in [0.1, 0.15) is 278 Å². The SMILES string of the molecule is CC/C=C\C/C=C\C/C=C\C/C=C\C/C=C\CCCCCCOCC(COC(=O)CCCCCCCCC/C=C\C/C=C\CCCCC)OC(=O)CCCCCCCCC/C=C\CCCCCCCC. The highest BCUT2D eigenvalue weighted by Crippen LogP contribution is 2.14. The smallest absolute Gasteiger partial charge is 0.306 e. The number of ether oxygens (including phenoxy) is 3. The summed E-state index contributed by atoms with van der Waals surface area (Å²) in [5.74, 6) is -0.422. The van der Waals surface area contributed by atoms with E-state index in [1.54, 1.807) is 0 Å². The molecule has 0 spiro atoms. The maximum Gasteiger partial charge on any atom is 0.306 e. The van der Waals surface area contributed by atoms with Crippen molar-refractivity contribution >= 4 is 11.9 Å². The predicted molar refractivity (Wildman–Crippen MR) is 306 cm³/mol. The number of rotatable bonds is 54. The number of unbranched alkanes of at least 4 members (excludes halogenated alkanes) is 27. The number of carbonyl (C=O) groups is 2. The standard InChI is InChI=1S/C65H112O5/c1-4-7-10-13-16-19-22-25-28-31-32-33-36-39-42-45-48-51-54-57-60-68-61-63(70-65(67)59-56-53-50-47-44-41-38-35-30-27-24-21-18-15-12-9-6-3)62-69-64(66)58-55-52-49-46-43-40-37-34-29-26-23-20-17-14-11-8-5-2/h7,10,16-17,19-20,25-30,32-33,39,42,63H,4-6,8-9,11-15,18,21-24,31,34-38,40-41,43-62H2,1-3H3/b10-7-,19-16-,20-17-,28-25-,29-26-,30-27-,33-32-,42-39-. The van der Waals surface area contributed by atoms with Crippen molar-refractivity contribution in [1.82, 2.24) is 0 Å². The Morgan fingerprint density at radius 3 is 1.07 bits per heavy atom. The van der Waals surface area contributed by atoms with Crippen LogP contribution in [-0.4, -0.2) is 37.9 Å². The van der Waals surface area contributed by atoms with E-state index in [9.17, 15) is 9.59 Å². The quantitative estimate of drug-likeness (QED) is 0.0345. The molecular formula is C65H112O5. The Morgan fingerprint density at radius 1 is 0.329 bits per heavy atom. The Hall–Kier alpha value is -3.18. The molecule has 0 rings (SSSR count). The summed E-state index contributed by atoms with van der Waals surface area (Å²) in [7, 11) is 0. The Bertz CT molecular complexity index is 1330. The zero-order chi connectivity index (χ0) is 50.6. The summed E-state index contributed by atoms with van der Waals surface area (Å²) >= 11 is 0. The van der Waals surface area contributed by atoms with Gasteiger partial charge in [0.2, 0.25) is 0 Å². The Kier molecular flexibility index (Phi) is 57.4. The van der Waals surface area contributed by atoms with Gasteiger partial charge < -0.3 is 14.2 Å². The van der Waals surface area contributed by atoms with E-state index in [-0.39, 0.29) is 25.2 Å². The van der Waals surface area contributed by atoms with Crippen LogP contribution in [0.3, 0.4) is 0 Å². The lowest BCUT2D eigenvalue weighted by atomic mass is 10.1. The Labute approximate surface area is 434 Å². The third-order valence-corrected chi connectivity index (χ3v) is 12.6. The summed E-state index contributed by atoms with van der Waals surface area (Å²) < 4.78 is 17.5. The van der Waals surface area contributed by atoms with Gasteiger partial charge in [-0.2, -0.15) is 0 Å². The number of carbonyl (C=O) groups excluding carboxylic acids is 2. The van der Waals surface area contributed by atoms with Gasteiger partial charge in [-0.15, -0.1) is 0 Å². The fraction of sp³-hybridized carbons (Fsp3) is 0.723. The molecule has 0 amide bonds. The van der Waals surface area contributed by atoms with Crippen LogP contribution in [-0.2, 0) is 23.8 Å². The van der Waals surface area contributed by atoms with Gasteiger partial charge in [0.15, 0.2) is 6.10 Å². The van der Waals surface area contributed by atoms with Gasteiger partial charge in [0.05, 0.1) is 6.61 Å². The normalized spacial score (nSPS) is 12.9. The Morgan fingerprint density at radius 2 is 0.643 bits per heavy atom. The van der Waals surface area contributed by atoms with Gasteiger partial charge in [-0.1, -0.05) is 240 Å². The second-order valence-electron chi connectivity index (χ2n) is 19.5. The molecule has 0 saturated carbocycles. The molecule has 0 aliphatic heterocycles. The molecule has 70 heavy (non-hydrogen) atoms. The highest BCUT2D eigenvalue weighted by molar-refractivity contribution is 5.70. The second-order valence-corrected chi connectivity index (χ2v) is 19.5. The van der Waals surface area contributed by atoms with E-state index in [2.05, 4.69) is 118 Å². The molecule has 1 unspecified atom stereocenters. The van der Waals surface area contributed by atoms with Crippen molar-refractivity contribution in [3.63, 3.8) is 0 Å². The molecule has 0 aromatic rings. The van der Waals surface area contributed by atoms with Crippen LogP contribution in [0.15, 0.2) is 97.2 Å². The number of hydrogen-bond acceptors (Lipinski definition) is 5. The largest absolute Gasteiger partial charge is 0.462 e. The van der Waals surface area contributed by atoms with Crippen LogP contribution in [0.5, 0.6) is 0 Å². The minimum atomic E-state index is -0.562. The maximum absolute atomic E-state index is 12.9. The van der Waals surface area contributed by atoms with Gasteiger partial charge in [0.1, 0.15) is 6.61 Å². The second kappa shape index (κ2) is 60.1. The molecule has 1 atom stereocenters. The van der Waals surface area contributed by atoms with E-state index in [1.807, 2.05) is 0 Å². The number of esters is 2. The lowest BCUT2D eigenvalue weighted by molar-refractivity contribution is -0.163. The van der Waals surface area contributed by atoms with Crippen molar-refractivity contribution in [3.05, 3.63) is 97.2 Å². The minimum absolute atomic E-state index is 0.0652. The van der Waals surface area contributed by atoms with Gasteiger partial charge in [-0.3, -0.25) is 9.59 Å². The summed E-state index contributed by atoms with van der Waals surface area (Å²) in [6.07, 6.45) is 81.4. The van der Waals surface area contributed by atoms with E-state index in [0.29, 0.717) is 19.4 Å². The molecule has 5 nitrogen and oxygen atoms in total. The molecule has 0 saturated heterocycles. The van der Waals surface area contributed by atoms with Gasteiger partial charge in [0, 0.05) is 19.4 Å². The van der Waals surface area contributed by atoms with Crippen molar-refractivity contribution in [1.29, 1.82) is 0 Å². The molecule has 0 fully saturated rings. The Balaban J connectivity index is 4.36. The third-order valence-electron chi connectivity index (χ3n) is 12.6. The zero-order valence-electron chi connectivity index (χ0n) is 46.3. The minimum Gasteiger partial charge on any atom is -0.462 e. The maximum atomic E-state index is 12.9. The average Bonchev–Trinajstić information content (AvgIpc) is 3.36. The summed E-state index contributed by atoms with van der Waals surface area (Å²) in [6.45, 7) is 7.64. The fourth-order valence-corrected chi connectivity index (χ4v) is 8.15. The first-order valence-electron chi connectivity index (χ1n) is 29.8. The van der Waals surface area contributed by atoms with Gasteiger partial charge in [-0.25, -0.2) is 0 Å². The number of allylic oxidation sites excluding steroid dienone is 16. The average molecular weight is 974 g/mol. The molecule has 0 aromatic carbocycles.